The van der Waals surface area contributed by atoms with Crippen molar-refractivity contribution in [2.24, 2.45) is 23.7 Å². The molecular weight excluding hydrogens is 536 g/mol. The Balaban J connectivity index is 1.53. The SMILES string of the molecule is CCC(C)C1O[C@]2(CC[C@H]1C)C[C@@H]1C[C@@H](C/C=C(\C)[C@@H](O)[C@@H](C)/C=C/C=C3\CO[C@@H]4[C@H](O)C(C)=C[C@@H](C(=O)O1)[C@]34O)O2. The van der Waals surface area contributed by atoms with Gasteiger partial charge in [-0.1, -0.05) is 64.5 Å². The van der Waals surface area contributed by atoms with Gasteiger partial charge in [0.15, 0.2) is 5.79 Å². The minimum absolute atomic E-state index is 0.0404. The second-order valence-electron chi connectivity index (χ2n) is 13.6. The van der Waals surface area contributed by atoms with Gasteiger partial charge in [0, 0.05) is 25.2 Å². The molecule has 5 aliphatic rings. The van der Waals surface area contributed by atoms with E-state index >= 15 is 0 Å². The number of aliphatic hydroxyl groups excluding tert-OH is 2. The zero-order chi connectivity index (χ0) is 30.4. The highest BCUT2D eigenvalue weighted by molar-refractivity contribution is 5.78. The van der Waals surface area contributed by atoms with Crippen molar-refractivity contribution in [3.63, 3.8) is 0 Å². The minimum atomic E-state index is -1.75. The van der Waals surface area contributed by atoms with Crippen LogP contribution in [-0.2, 0) is 23.7 Å². The van der Waals surface area contributed by atoms with Crippen molar-refractivity contribution in [2.75, 3.05) is 6.61 Å². The summed E-state index contributed by atoms with van der Waals surface area (Å²) in [6, 6.07) is 0. The molecule has 0 aromatic heterocycles. The molecule has 0 aromatic carbocycles. The highest BCUT2D eigenvalue weighted by Gasteiger charge is 2.60. The van der Waals surface area contributed by atoms with Crippen molar-refractivity contribution >= 4 is 5.97 Å². The number of aliphatic hydroxyl groups is 3. The Labute approximate surface area is 250 Å². The molecule has 0 aromatic rings. The Bertz CT molecular complexity index is 1140. The molecule has 0 radical (unpaired) electrons. The fourth-order valence-electron chi connectivity index (χ4n) is 7.55. The predicted octanol–water partition coefficient (Wildman–Crippen LogP) is 4.53. The summed E-state index contributed by atoms with van der Waals surface area (Å²) in [7, 11) is 0. The van der Waals surface area contributed by atoms with Gasteiger partial charge in [0.2, 0.25) is 0 Å². The molecule has 12 atom stereocenters. The number of carbonyl (C=O) groups excluding carboxylic acids is 1. The van der Waals surface area contributed by atoms with Crippen LogP contribution in [0, 0.1) is 23.7 Å². The molecule has 0 saturated carbocycles. The van der Waals surface area contributed by atoms with Gasteiger partial charge in [0.1, 0.15) is 29.8 Å². The van der Waals surface area contributed by atoms with E-state index in [2.05, 4.69) is 20.8 Å². The number of fused-ring (bicyclic) bond motifs is 2. The van der Waals surface area contributed by atoms with Crippen LogP contribution in [0.5, 0.6) is 0 Å². The van der Waals surface area contributed by atoms with Crippen LogP contribution < -0.4 is 0 Å². The van der Waals surface area contributed by atoms with Gasteiger partial charge in [-0.3, -0.25) is 4.79 Å². The van der Waals surface area contributed by atoms with Gasteiger partial charge in [-0.15, -0.1) is 0 Å². The molecule has 0 amide bonds. The third-order valence-electron chi connectivity index (χ3n) is 10.5. The van der Waals surface area contributed by atoms with Crippen molar-refractivity contribution < 1.29 is 39.1 Å². The summed E-state index contributed by atoms with van der Waals surface area (Å²) in [6.07, 6.45) is 9.73. The van der Waals surface area contributed by atoms with Crippen LogP contribution in [0.4, 0.5) is 0 Å². The molecule has 234 valence electrons. The normalized spacial score (nSPS) is 48.6. The van der Waals surface area contributed by atoms with Gasteiger partial charge in [0.25, 0.3) is 0 Å². The molecule has 3 fully saturated rings. The first-order valence-electron chi connectivity index (χ1n) is 15.9. The van der Waals surface area contributed by atoms with Crippen molar-refractivity contribution in [3.8, 4) is 0 Å². The summed E-state index contributed by atoms with van der Waals surface area (Å²) in [5.41, 5.74) is 0.156. The van der Waals surface area contributed by atoms with E-state index in [1.807, 2.05) is 26.0 Å². The van der Waals surface area contributed by atoms with E-state index in [0.717, 1.165) is 18.4 Å². The van der Waals surface area contributed by atoms with Crippen molar-refractivity contribution in [2.45, 2.75) is 128 Å². The van der Waals surface area contributed by atoms with Crippen LogP contribution in [-0.4, -0.2) is 75.9 Å². The molecule has 3 saturated heterocycles. The van der Waals surface area contributed by atoms with Crippen molar-refractivity contribution in [1.29, 1.82) is 0 Å². The lowest BCUT2D eigenvalue weighted by Crippen LogP contribution is -2.58. The summed E-state index contributed by atoms with van der Waals surface area (Å²) >= 11 is 0. The average Bonchev–Trinajstić information content (AvgIpc) is 3.30. The van der Waals surface area contributed by atoms with Gasteiger partial charge >= 0.3 is 5.97 Å². The first-order valence-corrected chi connectivity index (χ1v) is 15.9. The lowest BCUT2D eigenvalue weighted by molar-refractivity contribution is -0.340. The predicted molar refractivity (Wildman–Crippen MR) is 158 cm³/mol. The molecule has 4 aliphatic heterocycles. The summed E-state index contributed by atoms with van der Waals surface area (Å²) in [5, 5.41) is 34.0. The Hall–Kier alpha value is -1.81. The third-order valence-corrected chi connectivity index (χ3v) is 10.5. The van der Waals surface area contributed by atoms with Crippen LogP contribution in [0.1, 0.15) is 80.1 Å². The van der Waals surface area contributed by atoms with Crippen LogP contribution >= 0.6 is 0 Å². The lowest BCUT2D eigenvalue weighted by atomic mass is 9.71. The van der Waals surface area contributed by atoms with Crippen molar-refractivity contribution in [1.82, 2.24) is 0 Å². The van der Waals surface area contributed by atoms with Crippen LogP contribution in [0.15, 0.2) is 47.1 Å². The second kappa shape index (κ2) is 12.3. The molecule has 1 aliphatic carbocycles. The van der Waals surface area contributed by atoms with E-state index in [0.29, 0.717) is 48.7 Å². The van der Waals surface area contributed by atoms with Crippen LogP contribution in [0.2, 0.25) is 0 Å². The maximum atomic E-state index is 14.0. The molecule has 8 heteroatoms. The maximum Gasteiger partial charge on any atom is 0.316 e. The average molecular weight is 587 g/mol. The lowest BCUT2D eigenvalue weighted by Gasteiger charge is -2.51. The number of rotatable bonds is 2. The molecule has 2 bridgehead atoms. The van der Waals surface area contributed by atoms with E-state index in [1.165, 1.54) is 0 Å². The van der Waals surface area contributed by atoms with Gasteiger partial charge in [0.05, 0.1) is 24.9 Å². The van der Waals surface area contributed by atoms with E-state index in [1.54, 1.807) is 25.2 Å². The van der Waals surface area contributed by atoms with E-state index < -0.39 is 47.7 Å². The monoisotopic (exact) mass is 586 g/mol. The number of carbonyl (C=O) groups is 1. The molecule has 8 nitrogen and oxygen atoms in total. The Kier molecular flexibility index (Phi) is 9.25. The Morgan fingerprint density at radius 2 is 1.86 bits per heavy atom. The maximum absolute atomic E-state index is 14.0. The summed E-state index contributed by atoms with van der Waals surface area (Å²) in [5.74, 6) is -1.88. The minimum Gasteiger partial charge on any atom is -0.462 e. The second-order valence-corrected chi connectivity index (χ2v) is 13.6. The molecule has 42 heavy (non-hydrogen) atoms. The molecule has 5 rings (SSSR count). The zero-order valence-electron chi connectivity index (χ0n) is 26.0. The third kappa shape index (κ3) is 5.83. The number of esters is 1. The first kappa shape index (κ1) is 31.6. The van der Waals surface area contributed by atoms with Crippen molar-refractivity contribution in [3.05, 3.63) is 47.1 Å². The molecule has 3 N–H and O–H groups in total. The quantitative estimate of drug-likeness (QED) is 0.320. The van der Waals surface area contributed by atoms with E-state index in [-0.39, 0.29) is 24.7 Å². The number of ether oxygens (including phenoxy) is 4. The van der Waals surface area contributed by atoms with E-state index in [4.69, 9.17) is 18.9 Å². The largest absolute Gasteiger partial charge is 0.462 e. The smallest absolute Gasteiger partial charge is 0.316 e. The van der Waals surface area contributed by atoms with Gasteiger partial charge < -0.3 is 34.3 Å². The topological polar surface area (TPSA) is 115 Å². The summed E-state index contributed by atoms with van der Waals surface area (Å²) in [4.78, 5) is 14.0. The molecular formula is C34H50O8. The Morgan fingerprint density at radius 3 is 2.60 bits per heavy atom. The fourth-order valence-corrected chi connectivity index (χ4v) is 7.55. The first-order chi connectivity index (χ1) is 19.9. The highest BCUT2D eigenvalue weighted by Crippen LogP contribution is 2.47. The van der Waals surface area contributed by atoms with E-state index in [9.17, 15) is 20.1 Å². The number of hydrogen-bond acceptors (Lipinski definition) is 8. The van der Waals surface area contributed by atoms with Crippen LogP contribution in [0.3, 0.4) is 0 Å². The molecule has 1 spiro atoms. The zero-order valence-corrected chi connectivity index (χ0v) is 26.0. The van der Waals surface area contributed by atoms with Gasteiger partial charge in [-0.25, -0.2) is 0 Å². The molecule has 2 unspecified atom stereocenters. The van der Waals surface area contributed by atoms with Gasteiger partial charge in [-0.05, 0) is 55.2 Å². The summed E-state index contributed by atoms with van der Waals surface area (Å²) < 4.78 is 25.7. The number of allylic oxidation sites excluding steroid dienone is 2. The fraction of sp³-hybridized carbons (Fsp3) is 0.735. The highest BCUT2D eigenvalue weighted by atomic mass is 16.7. The summed E-state index contributed by atoms with van der Waals surface area (Å²) in [6.45, 7) is 12.3. The Morgan fingerprint density at radius 1 is 1.10 bits per heavy atom. The molecule has 4 heterocycles. The standard InChI is InChI=1S/C34H50O8/c1-7-19(2)30-22(5)13-14-33(42-30)17-26-16-25(41-33)12-11-21(4)28(35)20(3)9-8-10-24-18-39-31-29(36)23(6)15-27(32(37)40-26)34(24,31)38/h8-11,15,19-20,22,25-31,35-36,38H,7,12-14,16-18H2,1-6H3/b9-8+,21-11+,24-10+/t19?,20-,22+,25+,26-,27-,28-,29+,30?,31+,33+,34+/m0/s1. The van der Waals surface area contributed by atoms with Crippen LogP contribution in [0.25, 0.3) is 0 Å². The number of hydrogen-bond donors (Lipinski definition) is 3. The van der Waals surface area contributed by atoms with Gasteiger partial charge in [-0.2, -0.15) is 0 Å².